The summed E-state index contributed by atoms with van der Waals surface area (Å²) in [7, 11) is 0. The monoisotopic (exact) mass is 272 g/mol. The Balaban J connectivity index is 2.15. The lowest BCUT2D eigenvalue weighted by Gasteiger charge is -2.24. The van der Waals surface area contributed by atoms with Crippen molar-refractivity contribution >= 4 is 0 Å². The molecule has 1 aromatic heterocycles. The second-order valence-electron chi connectivity index (χ2n) is 5.41. The third kappa shape index (κ3) is 3.26. The molecule has 2 rings (SSSR count). The molecule has 0 saturated heterocycles. The first-order valence-corrected chi connectivity index (χ1v) is 7.16. The van der Waals surface area contributed by atoms with Crippen molar-refractivity contribution in [3.63, 3.8) is 0 Å². The highest BCUT2D eigenvalue weighted by Crippen LogP contribution is 2.21. The van der Waals surface area contributed by atoms with Gasteiger partial charge < -0.3 is 15.6 Å². The minimum absolute atomic E-state index is 0.107. The lowest BCUT2D eigenvalue weighted by atomic mass is 10.1. The van der Waals surface area contributed by atoms with Gasteiger partial charge in [-0.15, -0.1) is 0 Å². The molecule has 4 nitrogen and oxygen atoms in total. The molecule has 3 N–H and O–H groups in total. The second kappa shape index (κ2) is 6.68. The molecule has 0 bridgehead atoms. The van der Waals surface area contributed by atoms with E-state index in [2.05, 4.69) is 59.9 Å². The Bertz CT molecular complexity index is 518. The molecule has 1 aromatic carbocycles. The van der Waals surface area contributed by atoms with Gasteiger partial charge in [-0.05, 0) is 26.3 Å². The van der Waals surface area contributed by atoms with Crippen LogP contribution in [0.25, 0.3) is 0 Å². The zero-order chi connectivity index (χ0) is 14.5. The Morgan fingerprint density at radius 2 is 1.90 bits per heavy atom. The van der Waals surface area contributed by atoms with Crippen molar-refractivity contribution in [2.75, 3.05) is 6.54 Å². The highest BCUT2D eigenvalue weighted by molar-refractivity contribution is 5.19. The molecule has 4 heteroatoms. The van der Waals surface area contributed by atoms with Crippen LogP contribution < -0.4 is 11.1 Å². The van der Waals surface area contributed by atoms with Crippen LogP contribution >= 0.6 is 0 Å². The molecule has 0 spiro atoms. The Labute approximate surface area is 121 Å². The fourth-order valence-electron chi connectivity index (χ4n) is 2.43. The quantitative estimate of drug-likeness (QED) is 0.850. The van der Waals surface area contributed by atoms with Gasteiger partial charge in [0, 0.05) is 24.8 Å². The molecule has 2 atom stereocenters. The van der Waals surface area contributed by atoms with E-state index in [0.717, 1.165) is 5.69 Å². The lowest BCUT2D eigenvalue weighted by molar-refractivity contribution is 0.436. The molecule has 0 fully saturated rings. The molecular weight excluding hydrogens is 248 g/mol. The van der Waals surface area contributed by atoms with Gasteiger partial charge in [0.1, 0.15) is 0 Å². The van der Waals surface area contributed by atoms with Crippen LogP contribution in [0, 0.1) is 0 Å². The van der Waals surface area contributed by atoms with Gasteiger partial charge in [-0.25, -0.2) is 4.98 Å². The van der Waals surface area contributed by atoms with E-state index in [-0.39, 0.29) is 12.1 Å². The molecule has 20 heavy (non-hydrogen) atoms. The van der Waals surface area contributed by atoms with E-state index < -0.39 is 0 Å². The summed E-state index contributed by atoms with van der Waals surface area (Å²) in [4.78, 5) is 4.26. The highest BCUT2D eigenvalue weighted by Gasteiger charge is 2.18. The minimum atomic E-state index is 0.107. The summed E-state index contributed by atoms with van der Waals surface area (Å²) >= 11 is 0. The maximum atomic E-state index is 5.96. The number of imidazole rings is 1. The summed E-state index contributed by atoms with van der Waals surface area (Å²) in [5.41, 5.74) is 8.36. The lowest BCUT2D eigenvalue weighted by Crippen LogP contribution is -2.32. The van der Waals surface area contributed by atoms with Crippen LogP contribution in [0.2, 0.25) is 0 Å². The van der Waals surface area contributed by atoms with Crippen LogP contribution in [-0.2, 0) is 0 Å². The summed E-state index contributed by atoms with van der Waals surface area (Å²) in [6.07, 6.45) is 3.78. The summed E-state index contributed by atoms with van der Waals surface area (Å²) < 4.78 is 2.17. The van der Waals surface area contributed by atoms with Crippen LogP contribution in [0.5, 0.6) is 0 Å². The molecule has 0 aliphatic heterocycles. The van der Waals surface area contributed by atoms with Crippen molar-refractivity contribution in [3.8, 4) is 0 Å². The summed E-state index contributed by atoms with van der Waals surface area (Å²) in [5.74, 6) is 0. The van der Waals surface area contributed by atoms with Crippen molar-refractivity contribution in [3.05, 3.63) is 54.1 Å². The van der Waals surface area contributed by atoms with Gasteiger partial charge in [0.15, 0.2) is 0 Å². The standard InChI is InChI=1S/C16H24N4/c1-12(2)20-11-18-10-16(20)15(9-17)19-13(3)14-7-5-4-6-8-14/h4-8,10-13,15,19H,9,17H2,1-3H3. The van der Waals surface area contributed by atoms with Crippen LogP contribution in [0.1, 0.15) is 50.2 Å². The molecule has 1 heterocycles. The first-order valence-electron chi connectivity index (χ1n) is 7.16. The van der Waals surface area contributed by atoms with E-state index in [1.165, 1.54) is 5.56 Å². The predicted octanol–water partition coefficient (Wildman–Crippen LogP) is 2.81. The van der Waals surface area contributed by atoms with Gasteiger partial charge in [0.2, 0.25) is 0 Å². The van der Waals surface area contributed by atoms with Crippen molar-refractivity contribution in [1.29, 1.82) is 0 Å². The third-order valence-corrected chi connectivity index (χ3v) is 3.60. The van der Waals surface area contributed by atoms with Gasteiger partial charge >= 0.3 is 0 Å². The molecule has 0 aliphatic rings. The first-order chi connectivity index (χ1) is 9.63. The maximum absolute atomic E-state index is 5.96. The van der Waals surface area contributed by atoms with Crippen molar-refractivity contribution in [2.24, 2.45) is 5.73 Å². The SMILES string of the molecule is CC(NC(CN)c1cncn1C(C)C)c1ccccc1. The number of rotatable bonds is 6. The first kappa shape index (κ1) is 14.8. The summed E-state index contributed by atoms with van der Waals surface area (Å²) in [6, 6.07) is 11.2. The van der Waals surface area contributed by atoms with E-state index >= 15 is 0 Å². The number of hydrogen-bond donors (Lipinski definition) is 2. The Hall–Kier alpha value is -1.65. The Kier molecular flexibility index (Phi) is 4.93. The van der Waals surface area contributed by atoms with Gasteiger partial charge in [-0.3, -0.25) is 0 Å². The van der Waals surface area contributed by atoms with E-state index in [0.29, 0.717) is 12.6 Å². The van der Waals surface area contributed by atoms with Gasteiger partial charge in [-0.1, -0.05) is 30.3 Å². The average Bonchev–Trinajstić information content (AvgIpc) is 2.95. The second-order valence-corrected chi connectivity index (χ2v) is 5.41. The summed E-state index contributed by atoms with van der Waals surface area (Å²) in [6.45, 7) is 7.02. The Morgan fingerprint density at radius 1 is 1.20 bits per heavy atom. The number of aromatic nitrogens is 2. The van der Waals surface area contributed by atoms with E-state index in [1.807, 2.05) is 18.6 Å². The Morgan fingerprint density at radius 3 is 2.50 bits per heavy atom. The normalized spacial score (nSPS) is 14.4. The molecule has 0 saturated carbocycles. The number of hydrogen-bond acceptors (Lipinski definition) is 3. The molecule has 0 amide bonds. The average molecular weight is 272 g/mol. The number of nitrogens with one attached hydrogen (secondary N) is 1. The molecule has 0 radical (unpaired) electrons. The van der Waals surface area contributed by atoms with Crippen LogP contribution in [0.3, 0.4) is 0 Å². The number of nitrogens with two attached hydrogens (primary N) is 1. The predicted molar refractivity (Wildman–Crippen MR) is 82.4 cm³/mol. The van der Waals surface area contributed by atoms with E-state index in [1.54, 1.807) is 0 Å². The van der Waals surface area contributed by atoms with Gasteiger partial charge in [-0.2, -0.15) is 0 Å². The fraction of sp³-hybridized carbons (Fsp3) is 0.438. The largest absolute Gasteiger partial charge is 0.331 e. The topological polar surface area (TPSA) is 55.9 Å². The van der Waals surface area contributed by atoms with Crippen molar-refractivity contribution < 1.29 is 0 Å². The van der Waals surface area contributed by atoms with Crippen LogP contribution in [0.15, 0.2) is 42.9 Å². The zero-order valence-electron chi connectivity index (χ0n) is 12.5. The number of benzene rings is 1. The van der Waals surface area contributed by atoms with Crippen molar-refractivity contribution in [2.45, 2.75) is 38.9 Å². The molecule has 2 unspecified atom stereocenters. The van der Waals surface area contributed by atoms with Gasteiger partial charge in [0.05, 0.1) is 18.1 Å². The van der Waals surface area contributed by atoms with Crippen LogP contribution in [-0.4, -0.2) is 16.1 Å². The zero-order valence-corrected chi connectivity index (χ0v) is 12.5. The summed E-state index contributed by atoms with van der Waals surface area (Å²) in [5, 5.41) is 3.59. The minimum Gasteiger partial charge on any atom is -0.331 e. The molecular formula is C16H24N4. The molecule has 2 aromatic rings. The molecule has 0 aliphatic carbocycles. The van der Waals surface area contributed by atoms with E-state index in [4.69, 9.17) is 5.73 Å². The third-order valence-electron chi connectivity index (χ3n) is 3.60. The fourth-order valence-corrected chi connectivity index (χ4v) is 2.43. The maximum Gasteiger partial charge on any atom is 0.0951 e. The van der Waals surface area contributed by atoms with Gasteiger partial charge in [0.25, 0.3) is 0 Å². The molecule has 108 valence electrons. The smallest absolute Gasteiger partial charge is 0.0951 e. The van der Waals surface area contributed by atoms with E-state index in [9.17, 15) is 0 Å². The highest BCUT2D eigenvalue weighted by atomic mass is 15.1. The van der Waals surface area contributed by atoms with Crippen molar-refractivity contribution in [1.82, 2.24) is 14.9 Å². The van der Waals surface area contributed by atoms with Crippen LogP contribution in [0.4, 0.5) is 0 Å². The number of nitrogens with zero attached hydrogens (tertiary/aromatic N) is 2.